The van der Waals surface area contributed by atoms with Crippen molar-refractivity contribution >= 4 is 6.79 Å². The Morgan fingerprint density at radius 3 is 2.19 bits per heavy atom. The van der Waals surface area contributed by atoms with Gasteiger partial charge in [0.05, 0.1) is 0 Å². The first-order chi connectivity index (χ1) is 7.77. The van der Waals surface area contributed by atoms with Crippen LogP contribution in [0.1, 0.15) is 5.56 Å². The van der Waals surface area contributed by atoms with Crippen LogP contribution >= 0.6 is 0 Å². The lowest BCUT2D eigenvalue weighted by Gasteiger charge is -2.03. The first-order valence-corrected chi connectivity index (χ1v) is 4.88. The van der Waals surface area contributed by atoms with E-state index in [1.54, 1.807) is 6.07 Å². The predicted octanol–water partition coefficient (Wildman–Crippen LogP) is 3.62. The van der Waals surface area contributed by atoms with Crippen molar-refractivity contribution in [2.75, 3.05) is 0 Å². The van der Waals surface area contributed by atoms with Crippen LogP contribution in [0.3, 0.4) is 0 Å². The fraction of sp³-hybridized carbons (Fsp3) is 0.0714. The largest absolute Gasteiger partial charge is 0.307 e. The molecule has 0 bridgehead atoms. The number of carbonyl (C=O) groups excluding carboxylic acids is 1. The van der Waals surface area contributed by atoms with Crippen LogP contribution in [0, 0.1) is 12.7 Å². The van der Waals surface area contributed by atoms with Gasteiger partial charge in [-0.2, -0.15) is 0 Å². The van der Waals surface area contributed by atoms with Crippen LogP contribution in [0.4, 0.5) is 4.39 Å². The zero-order valence-corrected chi connectivity index (χ0v) is 9.11. The molecule has 0 radical (unpaired) electrons. The number of hydrogen-bond acceptors (Lipinski definition) is 1. The molecule has 0 aliphatic rings. The van der Waals surface area contributed by atoms with Crippen LogP contribution < -0.4 is 0 Å². The third-order valence-electron chi connectivity index (χ3n) is 2.21. The van der Waals surface area contributed by atoms with Crippen LogP contribution in [-0.4, -0.2) is 6.79 Å². The summed E-state index contributed by atoms with van der Waals surface area (Å²) in [6.07, 6.45) is 0. The molecule has 0 saturated carbocycles. The number of hydrogen-bond donors (Lipinski definition) is 0. The van der Waals surface area contributed by atoms with Gasteiger partial charge in [0.25, 0.3) is 0 Å². The maximum atomic E-state index is 13.5. The fourth-order valence-corrected chi connectivity index (χ4v) is 1.47. The van der Waals surface area contributed by atoms with Crippen molar-refractivity contribution < 1.29 is 9.18 Å². The summed E-state index contributed by atoms with van der Waals surface area (Å²) in [5, 5.41) is 0. The maximum absolute atomic E-state index is 13.5. The van der Waals surface area contributed by atoms with Crippen LogP contribution in [0.2, 0.25) is 0 Å². The second-order valence-electron chi connectivity index (χ2n) is 3.35. The Balaban J connectivity index is 0.000000606. The molecule has 1 nitrogen and oxygen atoms in total. The Morgan fingerprint density at radius 2 is 1.62 bits per heavy atom. The molecule has 2 rings (SSSR count). The molecule has 0 heterocycles. The van der Waals surface area contributed by atoms with Crippen LogP contribution in [0.5, 0.6) is 0 Å². The number of benzene rings is 2. The summed E-state index contributed by atoms with van der Waals surface area (Å²) in [4.78, 5) is 8.00. The minimum absolute atomic E-state index is 0.156. The average Bonchev–Trinajstić information content (AvgIpc) is 2.33. The van der Waals surface area contributed by atoms with E-state index in [1.807, 2.05) is 56.2 Å². The minimum Gasteiger partial charge on any atom is -0.307 e. The lowest BCUT2D eigenvalue weighted by molar-refractivity contribution is -0.0979. The van der Waals surface area contributed by atoms with Crippen molar-refractivity contribution in [2.45, 2.75) is 6.92 Å². The highest BCUT2D eigenvalue weighted by Gasteiger charge is 2.03. The Labute approximate surface area is 94.6 Å². The molecule has 0 atom stereocenters. The van der Waals surface area contributed by atoms with Gasteiger partial charge < -0.3 is 4.79 Å². The van der Waals surface area contributed by atoms with Gasteiger partial charge in [-0.15, -0.1) is 0 Å². The summed E-state index contributed by atoms with van der Waals surface area (Å²) in [6.45, 7) is 3.89. The van der Waals surface area contributed by atoms with E-state index >= 15 is 0 Å². The molecule has 0 aliphatic carbocycles. The van der Waals surface area contributed by atoms with Gasteiger partial charge in [-0.05, 0) is 24.1 Å². The zero-order chi connectivity index (χ0) is 12.0. The summed E-state index contributed by atoms with van der Waals surface area (Å²) in [5.41, 5.74) is 2.53. The third kappa shape index (κ3) is 2.76. The van der Waals surface area contributed by atoms with Gasteiger partial charge in [0.1, 0.15) is 12.6 Å². The van der Waals surface area contributed by atoms with Crippen molar-refractivity contribution in [2.24, 2.45) is 0 Å². The summed E-state index contributed by atoms with van der Waals surface area (Å²) in [7, 11) is 0. The van der Waals surface area contributed by atoms with E-state index in [1.165, 1.54) is 0 Å². The normalized spacial score (nSPS) is 9.12. The molecule has 2 aromatic rings. The monoisotopic (exact) mass is 216 g/mol. The van der Waals surface area contributed by atoms with Crippen molar-refractivity contribution in [3.8, 4) is 11.1 Å². The molecule has 0 aliphatic heterocycles. The second-order valence-corrected chi connectivity index (χ2v) is 3.35. The Hall–Kier alpha value is -1.96. The average molecular weight is 216 g/mol. The molecule has 0 spiro atoms. The summed E-state index contributed by atoms with van der Waals surface area (Å²) < 4.78 is 13.5. The van der Waals surface area contributed by atoms with Gasteiger partial charge in [0.2, 0.25) is 0 Å². The molecule has 0 amide bonds. The minimum atomic E-state index is -0.156. The highest BCUT2D eigenvalue weighted by molar-refractivity contribution is 5.64. The summed E-state index contributed by atoms with van der Waals surface area (Å²) in [6, 6.07) is 14.9. The highest BCUT2D eigenvalue weighted by Crippen LogP contribution is 2.22. The van der Waals surface area contributed by atoms with Crippen LogP contribution in [0.25, 0.3) is 11.1 Å². The molecule has 2 heteroatoms. The van der Waals surface area contributed by atoms with E-state index in [0.29, 0.717) is 5.56 Å². The van der Waals surface area contributed by atoms with Gasteiger partial charge in [-0.3, -0.25) is 0 Å². The molecule has 2 aromatic carbocycles. The standard InChI is InChI=1S/C13H11F.CH2O/c1-10-7-8-12(13(14)9-10)11-5-3-2-4-6-11;1-2/h2-9H,1H3;1H2. The van der Waals surface area contributed by atoms with Gasteiger partial charge in [-0.25, -0.2) is 4.39 Å². The molecule has 0 unspecified atom stereocenters. The quantitative estimate of drug-likeness (QED) is 0.711. The Kier molecular flexibility index (Phi) is 4.40. The molecular weight excluding hydrogens is 203 g/mol. The first kappa shape index (κ1) is 12.1. The first-order valence-electron chi connectivity index (χ1n) is 4.88. The number of rotatable bonds is 1. The van der Waals surface area contributed by atoms with Crippen molar-refractivity contribution in [3.05, 3.63) is 59.9 Å². The third-order valence-corrected chi connectivity index (χ3v) is 2.21. The van der Waals surface area contributed by atoms with Crippen LogP contribution in [-0.2, 0) is 4.79 Å². The van der Waals surface area contributed by atoms with Gasteiger partial charge in [-0.1, -0.05) is 42.5 Å². The second kappa shape index (κ2) is 5.81. The lowest BCUT2D eigenvalue weighted by atomic mass is 10.0. The lowest BCUT2D eigenvalue weighted by Crippen LogP contribution is -1.84. The van der Waals surface area contributed by atoms with E-state index in [2.05, 4.69) is 0 Å². The molecule has 0 saturated heterocycles. The smallest absolute Gasteiger partial charge is 0.131 e. The van der Waals surface area contributed by atoms with Gasteiger partial charge in [0, 0.05) is 5.56 Å². The number of halogens is 1. The molecular formula is C14H13FO. The van der Waals surface area contributed by atoms with Crippen LogP contribution in [0.15, 0.2) is 48.5 Å². The Morgan fingerprint density at radius 1 is 1.00 bits per heavy atom. The predicted molar refractivity (Wildman–Crippen MR) is 63.7 cm³/mol. The maximum Gasteiger partial charge on any atom is 0.131 e. The van der Waals surface area contributed by atoms with E-state index in [0.717, 1.165) is 11.1 Å². The fourth-order valence-electron chi connectivity index (χ4n) is 1.47. The molecule has 0 aromatic heterocycles. The van der Waals surface area contributed by atoms with Crippen molar-refractivity contribution in [3.63, 3.8) is 0 Å². The zero-order valence-electron chi connectivity index (χ0n) is 9.11. The molecule has 0 N–H and O–H groups in total. The molecule has 0 fully saturated rings. The Bertz CT molecular complexity index is 452. The number of aryl methyl sites for hydroxylation is 1. The van der Waals surface area contributed by atoms with E-state index < -0.39 is 0 Å². The SMILES string of the molecule is C=O.Cc1ccc(-c2ccccc2)c(F)c1. The molecule has 82 valence electrons. The van der Waals surface area contributed by atoms with E-state index in [4.69, 9.17) is 4.79 Å². The topological polar surface area (TPSA) is 17.1 Å². The van der Waals surface area contributed by atoms with Gasteiger partial charge in [0.15, 0.2) is 0 Å². The summed E-state index contributed by atoms with van der Waals surface area (Å²) >= 11 is 0. The van der Waals surface area contributed by atoms with E-state index in [-0.39, 0.29) is 5.82 Å². The van der Waals surface area contributed by atoms with Crippen molar-refractivity contribution in [1.29, 1.82) is 0 Å². The highest BCUT2D eigenvalue weighted by atomic mass is 19.1. The number of carbonyl (C=O) groups is 1. The van der Waals surface area contributed by atoms with Gasteiger partial charge >= 0.3 is 0 Å². The van der Waals surface area contributed by atoms with E-state index in [9.17, 15) is 4.39 Å². The molecule has 16 heavy (non-hydrogen) atoms. The summed E-state index contributed by atoms with van der Waals surface area (Å²) in [5.74, 6) is -0.156. The van der Waals surface area contributed by atoms with Crippen molar-refractivity contribution in [1.82, 2.24) is 0 Å².